The highest BCUT2D eigenvalue weighted by Crippen LogP contribution is 2.22. The molecule has 0 aromatic heterocycles. The van der Waals surface area contributed by atoms with Crippen molar-refractivity contribution in [3.05, 3.63) is 71.8 Å². The lowest BCUT2D eigenvalue weighted by Crippen LogP contribution is -2.03. The van der Waals surface area contributed by atoms with Gasteiger partial charge in [0.1, 0.15) is 0 Å². The van der Waals surface area contributed by atoms with Crippen LogP contribution in [0.15, 0.2) is 65.7 Å². The number of aliphatic imine (C=N–C) groups is 1. The van der Waals surface area contributed by atoms with Crippen molar-refractivity contribution in [1.82, 2.24) is 0 Å². The van der Waals surface area contributed by atoms with Gasteiger partial charge in [0.2, 0.25) is 0 Å². The van der Waals surface area contributed by atoms with Crippen LogP contribution < -0.4 is 0 Å². The van der Waals surface area contributed by atoms with Gasteiger partial charge in [0.05, 0.1) is 0 Å². The monoisotopic (exact) mass is 265 g/mol. The third kappa shape index (κ3) is 4.34. The normalized spacial score (nSPS) is 11.3. The van der Waals surface area contributed by atoms with E-state index in [0.717, 1.165) is 6.54 Å². The molecule has 1 nitrogen and oxygen atoms in total. The summed E-state index contributed by atoms with van der Waals surface area (Å²) in [4.78, 5) is 4.64. The number of hydrogen-bond donors (Lipinski definition) is 0. The van der Waals surface area contributed by atoms with Crippen molar-refractivity contribution in [3.63, 3.8) is 0 Å². The van der Waals surface area contributed by atoms with Crippen molar-refractivity contribution in [1.29, 1.82) is 0 Å². The minimum atomic E-state index is 0.263. The maximum absolute atomic E-state index is 4.64. The molecule has 0 fully saturated rings. The maximum atomic E-state index is 4.64. The molecule has 0 saturated carbocycles. The number of rotatable bonds is 7. The Bertz CT molecular complexity index is 462. The number of hydrogen-bond acceptors (Lipinski definition) is 1. The predicted molar refractivity (Wildman–Crippen MR) is 87.6 cm³/mol. The van der Waals surface area contributed by atoms with Gasteiger partial charge in [0.15, 0.2) is 0 Å². The van der Waals surface area contributed by atoms with Gasteiger partial charge in [-0.1, -0.05) is 80.4 Å². The summed E-state index contributed by atoms with van der Waals surface area (Å²) in [5.41, 5.74) is 2.61. The van der Waals surface area contributed by atoms with Crippen LogP contribution >= 0.6 is 0 Å². The van der Waals surface area contributed by atoms with E-state index in [2.05, 4.69) is 78.8 Å². The molecule has 2 aromatic carbocycles. The summed E-state index contributed by atoms with van der Waals surface area (Å²) in [6, 6.07) is 21.2. The zero-order valence-electron chi connectivity index (χ0n) is 12.2. The molecule has 104 valence electrons. The Morgan fingerprint density at radius 2 is 1.40 bits per heavy atom. The van der Waals surface area contributed by atoms with E-state index >= 15 is 0 Å². The summed E-state index contributed by atoms with van der Waals surface area (Å²) in [5.74, 6) is 0.263. The highest BCUT2D eigenvalue weighted by molar-refractivity contribution is 5.73. The Balaban J connectivity index is 2.13. The molecular formula is C19H23N. The molecule has 0 heterocycles. The van der Waals surface area contributed by atoms with Gasteiger partial charge >= 0.3 is 0 Å². The molecule has 0 radical (unpaired) electrons. The average Bonchev–Trinajstić information content (AvgIpc) is 2.53. The molecule has 20 heavy (non-hydrogen) atoms. The van der Waals surface area contributed by atoms with Crippen LogP contribution in [0.25, 0.3) is 0 Å². The molecule has 0 unspecified atom stereocenters. The first-order chi connectivity index (χ1) is 9.92. The second-order valence-electron chi connectivity index (χ2n) is 5.06. The van der Waals surface area contributed by atoms with Crippen LogP contribution in [-0.2, 0) is 0 Å². The van der Waals surface area contributed by atoms with Crippen molar-refractivity contribution >= 4 is 6.21 Å². The van der Waals surface area contributed by atoms with Gasteiger partial charge in [-0.25, -0.2) is 0 Å². The molecule has 2 rings (SSSR count). The molecule has 0 amide bonds. The van der Waals surface area contributed by atoms with Crippen LogP contribution in [0.5, 0.6) is 0 Å². The Morgan fingerprint density at radius 3 is 1.90 bits per heavy atom. The number of unbranched alkanes of at least 4 members (excludes halogenated alkanes) is 2. The fraction of sp³-hybridized carbons (Fsp3) is 0.316. The van der Waals surface area contributed by atoms with Gasteiger partial charge in [-0.15, -0.1) is 0 Å². The molecule has 2 aromatic rings. The highest BCUT2D eigenvalue weighted by Gasteiger charge is 2.10. The molecule has 0 bridgehead atoms. The molecular weight excluding hydrogens is 242 g/mol. The molecule has 0 aliphatic heterocycles. The molecule has 1 heteroatoms. The van der Waals surface area contributed by atoms with E-state index in [9.17, 15) is 0 Å². The lowest BCUT2D eigenvalue weighted by atomic mass is 9.92. The summed E-state index contributed by atoms with van der Waals surface area (Å²) < 4.78 is 0. The Hall–Kier alpha value is -1.89. The highest BCUT2D eigenvalue weighted by atomic mass is 14.7. The topological polar surface area (TPSA) is 12.4 Å². The van der Waals surface area contributed by atoms with Crippen LogP contribution in [0.1, 0.15) is 43.2 Å². The first-order valence-electron chi connectivity index (χ1n) is 7.51. The van der Waals surface area contributed by atoms with Gasteiger partial charge in [0.25, 0.3) is 0 Å². The molecule has 0 saturated heterocycles. The van der Waals surface area contributed by atoms with Crippen molar-refractivity contribution in [2.75, 3.05) is 6.54 Å². The van der Waals surface area contributed by atoms with Crippen molar-refractivity contribution in [3.8, 4) is 0 Å². The maximum Gasteiger partial charge on any atom is 0.0439 e. The molecule has 0 N–H and O–H groups in total. The summed E-state index contributed by atoms with van der Waals surface area (Å²) in [7, 11) is 0. The quantitative estimate of drug-likeness (QED) is 0.489. The van der Waals surface area contributed by atoms with Gasteiger partial charge in [-0.2, -0.15) is 0 Å². The minimum absolute atomic E-state index is 0.263. The van der Waals surface area contributed by atoms with E-state index in [-0.39, 0.29) is 5.92 Å². The van der Waals surface area contributed by atoms with E-state index in [0.29, 0.717) is 0 Å². The Labute approximate surface area is 122 Å². The second-order valence-corrected chi connectivity index (χ2v) is 5.06. The van der Waals surface area contributed by atoms with Crippen LogP contribution in [0.2, 0.25) is 0 Å². The number of benzene rings is 2. The van der Waals surface area contributed by atoms with E-state index in [1.807, 2.05) is 0 Å². The van der Waals surface area contributed by atoms with Crippen molar-refractivity contribution in [2.24, 2.45) is 4.99 Å². The molecule has 0 atom stereocenters. The largest absolute Gasteiger partial charge is 0.297 e. The van der Waals surface area contributed by atoms with Gasteiger partial charge in [-0.05, 0) is 17.5 Å². The van der Waals surface area contributed by atoms with E-state index < -0.39 is 0 Å². The summed E-state index contributed by atoms with van der Waals surface area (Å²) in [5, 5.41) is 0. The fourth-order valence-corrected chi connectivity index (χ4v) is 2.32. The summed E-state index contributed by atoms with van der Waals surface area (Å²) in [6.45, 7) is 3.16. The van der Waals surface area contributed by atoms with Crippen molar-refractivity contribution < 1.29 is 0 Å². The zero-order chi connectivity index (χ0) is 14.0. The number of nitrogens with zero attached hydrogens (tertiary/aromatic N) is 1. The smallest absolute Gasteiger partial charge is 0.0439 e. The first kappa shape index (κ1) is 14.5. The third-order valence-electron chi connectivity index (χ3n) is 3.46. The minimum Gasteiger partial charge on any atom is -0.297 e. The van der Waals surface area contributed by atoms with Gasteiger partial charge < -0.3 is 0 Å². The average molecular weight is 265 g/mol. The van der Waals surface area contributed by atoms with Crippen molar-refractivity contribution in [2.45, 2.75) is 32.1 Å². The molecule has 0 aliphatic rings. The van der Waals surface area contributed by atoms with Crippen LogP contribution in [0.3, 0.4) is 0 Å². The van der Waals surface area contributed by atoms with E-state index in [1.165, 1.54) is 30.4 Å². The van der Waals surface area contributed by atoms with Crippen LogP contribution in [0.4, 0.5) is 0 Å². The lowest BCUT2D eigenvalue weighted by molar-refractivity contribution is 0.728. The SMILES string of the molecule is CCCCCN=CC(c1ccccc1)c1ccccc1. The van der Waals surface area contributed by atoms with E-state index in [1.54, 1.807) is 0 Å². The van der Waals surface area contributed by atoms with Crippen LogP contribution in [-0.4, -0.2) is 12.8 Å². The van der Waals surface area contributed by atoms with Crippen LogP contribution in [0, 0.1) is 0 Å². The predicted octanol–water partition coefficient (Wildman–Crippen LogP) is 5.08. The molecule has 0 spiro atoms. The first-order valence-corrected chi connectivity index (χ1v) is 7.51. The lowest BCUT2D eigenvalue weighted by Gasteiger charge is -2.13. The summed E-state index contributed by atoms with van der Waals surface area (Å²) in [6.07, 6.45) is 5.80. The second kappa shape index (κ2) is 8.31. The Morgan fingerprint density at radius 1 is 0.850 bits per heavy atom. The standard InChI is InChI=1S/C19H23N/c1-2-3-10-15-20-16-19(17-11-6-4-7-12-17)18-13-8-5-9-14-18/h4-9,11-14,16,19H,2-3,10,15H2,1H3. The zero-order valence-corrected chi connectivity index (χ0v) is 12.2. The van der Waals surface area contributed by atoms with E-state index in [4.69, 9.17) is 0 Å². The Kier molecular flexibility index (Phi) is 6.04. The van der Waals surface area contributed by atoms with Gasteiger partial charge in [-0.3, -0.25) is 4.99 Å². The third-order valence-corrected chi connectivity index (χ3v) is 3.46. The fourth-order valence-electron chi connectivity index (χ4n) is 2.32. The summed E-state index contributed by atoms with van der Waals surface area (Å²) >= 11 is 0. The van der Waals surface area contributed by atoms with Gasteiger partial charge in [0, 0.05) is 18.7 Å². The molecule has 0 aliphatic carbocycles.